The highest BCUT2D eigenvalue weighted by molar-refractivity contribution is 7.99. The van der Waals surface area contributed by atoms with Crippen LogP contribution in [0.4, 0.5) is 0 Å². The van der Waals surface area contributed by atoms with Gasteiger partial charge in [0.1, 0.15) is 0 Å². The molecule has 0 N–H and O–H groups in total. The minimum Gasteiger partial charge on any atom is -0.493 e. The predicted octanol–water partition coefficient (Wildman–Crippen LogP) is 1.33. The van der Waals surface area contributed by atoms with Crippen LogP contribution in [0.3, 0.4) is 0 Å². The summed E-state index contributed by atoms with van der Waals surface area (Å²) in [6.07, 6.45) is 4.92. The summed E-state index contributed by atoms with van der Waals surface area (Å²) in [6.45, 7) is 2.14. The van der Waals surface area contributed by atoms with Crippen LogP contribution in [0, 0.1) is 0 Å². The van der Waals surface area contributed by atoms with E-state index in [0.717, 1.165) is 0 Å². The Morgan fingerprint density at radius 1 is 1.50 bits per heavy atom. The van der Waals surface area contributed by atoms with Crippen molar-refractivity contribution in [3.63, 3.8) is 0 Å². The van der Waals surface area contributed by atoms with Crippen molar-refractivity contribution in [2.45, 2.75) is 12.1 Å². The van der Waals surface area contributed by atoms with E-state index in [1.54, 1.807) is 43.4 Å². The molecule has 0 saturated heterocycles. The first-order chi connectivity index (χ1) is 9.72. The highest BCUT2D eigenvalue weighted by atomic mass is 32.2. The first-order valence-corrected chi connectivity index (χ1v) is 6.92. The summed E-state index contributed by atoms with van der Waals surface area (Å²) >= 11 is 1.22. The molecule has 0 amide bonds. The second-order valence-corrected chi connectivity index (χ2v) is 4.56. The molecule has 0 aliphatic carbocycles. The zero-order valence-electron chi connectivity index (χ0n) is 11.1. The van der Waals surface area contributed by atoms with E-state index < -0.39 is 0 Å². The first-order valence-electron chi connectivity index (χ1n) is 5.93. The van der Waals surface area contributed by atoms with Crippen LogP contribution in [0.2, 0.25) is 0 Å². The van der Waals surface area contributed by atoms with Gasteiger partial charge in [-0.05, 0) is 6.92 Å². The zero-order chi connectivity index (χ0) is 14.4. The van der Waals surface area contributed by atoms with Crippen molar-refractivity contribution in [2.75, 3.05) is 19.5 Å². The molecule has 2 rings (SSSR count). The molecular formula is C12H14N4O3S. The first kappa shape index (κ1) is 14.3. The maximum atomic E-state index is 11.3. The van der Waals surface area contributed by atoms with Gasteiger partial charge in [0, 0.05) is 12.3 Å². The molecule has 0 bridgehead atoms. The molecule has 2 heterocycles. The summed E-state index contributed by atoms with van der Waals surface area (Å²) in [7, 11) is 1.57. The second kappa shape index (κ2) is 6.90. The Morgan fingerprint density at radius 3 is 3.05 bits per heavy atom. The smallest absolute Gasteiger partial charge is 0.316 e. The minimum absolute atomic E-state index is 0.180. The number of ether oxygens (including phenoxy) is 2. The van der Waals surface area contributed by atoms with E-state index in [4.69, 9.17) is 9.47 Å². The molecular weight excluding hydrogens is 280 g/mol. The van der Waals surface area contributed by atoms with E-state index in [2.05, 4.69) is 15.1 Å². The normalized spacial score (nSPS) is 10.3. The number of carbonyl (C=O) groups excluding carboxylic acids is 1. The molecule has 0 aliphatic heterocycles. The SMILES string of the molecule is CCOC(=O)CSc1nccc(-n2cc(OC)cn2)n1. The van der Waals surface area contributed by atoms with Gasteiger partial charge in [-0.15, -0.1) is 0 Å². The van der Waals surface area contributed by atoms with Crippen LogP contribution in [0.5, 0.6) is 5.75 Å². The van der Waals surface area contributed by atoms with E-state index in [1.807, 2.05) is 0 Å². The molecule has 2 aromatic heterocycles. The summed E-state index contributed by atoms with van der Waals surface area (Å²) in [5.41, 5.74) is 0. The fourth-order valence-corrected chi connectivity index (χ4v) is 2.02. The molecule has 0 atom stereocenters. The standard InChI is InChI=1S/C12H14N4O3S/c1-3-19-11(17)8-20-12-13-5-4-10(15-12)16-7-9(18-2)6-14-16/h4-7H,3,8H2,1-2H3. The zero-order valence-corrected chi connectivity index (χ0v) is 12.0. The van der Waals surface area contributed by atoms with Crippen LogP contribution in [0.1, 0.15) is 6.92 Å². The minimum atomic E-state index is -0.285. The van der Waals surface area contributed by atoms with Gasteiger partial charge in [0.15, 0.2) is 16.7 Å². The van der Waals surface area contributed by atoms with Crippen molar-refractivity contribution in [3.8, 4) is 11.6 Å². The van der Waals surface area contributed by atoms with Gasteiger partial charge >= 0.3 is 5.97 Å². The summed E-state index contributed by atoms with van der Waals surface area (Å²) in [4.78, 5) is 19.7. The fourth-order valence-electron chi connectivity index (χ4n) is 1.39. The van der Waals surface area contributed by atoms with Crippen LogP contribution in [-0.2, 0) is 9.53 Å². The van der Waals surface area contributed by atoms with E-state index in [-0.39, 0.29) is 11.7 Å². The Hall–Kier alpha value is -2.09. The summed E-state index contributed by atoms with van der Waals surface area (Å²) in [6, 6.07) is 1.72. The van der Waals surface area contributed by atoms with Crippen molar-refractivity contribution in [1.29, 1.82) is 0 Å². The number of thioether (sulfide) groups is 1. The molecule has 0 fully saturated rings. The molecule has 2 aromatic rings. The molecule has 106 valence electrons. The molecule has 20 heavy (non-hydrogen) atoms. The van der Waals surface area contributed by atoms with E-state index in [9.17, 15) is 4.79 Å². The lowest BCUT2D eigenvalue weighted by molar-refractivity contribution is -0.139. The molecule has 0 saturated carbocycles. The lowest BCUT2D eigenvalue weighted by atomic mass is 10.6. The number of nitrogens with zero attached hydrogens (tertiary/aromatic N) is 4. The lowest BCUT2D eigenvalue weighted by Gasteiger charge is -2.03. The quantitative estimate of drug-likeness (QED) is 0.451. The van der Waals surface area contributed by atoms with Crippen LogP contribution < -0.4 is 4.74 Å². The average molecular weight is 294 g/mol. The molecule has 8 heteroatoms. The number of methoxy groups -OCH3 is 1. The molecule has 0 aliphatic rings. The number of aromatic nitrogens is 4. The van der Waals surface area contributed by atoms with E-state index in [1.165, 1.54) is 11.8 Å². The van der Waals surface area contributed by atoms with Gasteiger partial charge < -0.3 is 9.47 Å². The van der Waals surface area contributed by atoms with Crippen LogP contribution >= 0.6 is 11.8 Å². The summed E-state index contributed by atoms with van der Waals surface area (Å²) < 4.78 is 11.5. The third-order valence-corrected chi connectivity index (χ3v) is 3.11. The third-order valence-electron chi connectivity index (χ3n) is 2.27. The van der Waals surface area contributed by atoms with Crippen molar-refractivity contribution in [2.24, 2.45) is 0 Å². The van der Waals surface area contributed by atoms with Crippen molar-refractivity contribution < 1.29 is 14.3 Å². The maximum Gasteiger partial charge on any atom is 0.316 e. The lowest BCUT2D eigenvalue weighted by Crippen LogP contribution is -2.07. The van der Waals surface area contributed by atoms with Gasteiger partial charge in [0.2, 0.25) is 0 Å². The maximum absolute atomic E-state index is 11.3. The highest BCUT2D eigenvalue weighted by Gasteiger charge is 2.08. The number of rotatable bonds is 6. The Bertz CT molecular complexity index is 588. The average Bonchev–Trinajstić information content (AvgIpc) is 2.95. The van der Waals surface area contributed by atoms with E-state index >= 15 is 0 Å². The molecule has 7 nitrogen and oxygen atoms in total. The van der Waals surface area contributed by atoms with Gasteiger partial charge in [-0.25, -0.2) is 14.6 Å². The van der Waals surface area contributed by atoms with E-state index in [0.29, 0.717) is 23.3 Å². The molecule has 0 unspecified atom stereocenters. The van der Waals surface area contributed by atoms with Gasteiger partial charge in [-0.3, -0.25) is 4.79 Å². The Morgan fingerprint density at radius 2 is 2.35 bits per heavy atom. The Balaban J connectivity index is 2.06. The predicted molar refractivity (Wildman–Crippen MR) is 73.1 cm³/mol. The second-order valence-electron chi connectivity index (χ2n) is 3.62. The van der Waals surface area contributed by atoms with Crippen molar-refractivity contribution in [3.05, 3.63) is 24.7 Å². The number of carbonyl (C=O) groups is 1. The number of esters is 1. The Kier molecular flexibility index (Phi) is 4.94. The third kappa shape index (κ3) is 3.70. The van der Waals surface area contributed by atoms with Gasteiger partial charge in [-0.2, -0.15) is 5.10 Å². The largest absolute Gasteiger partial charge is 0.493 e. The van der Waals surface area contributed by atoms with Crippen LogP contribution in [0.25, 0.3) is 5.82 Å². The monoisotopic (exact) mass is 294 g/mol. The van der Waals surface area contributed by atoms with Crippen molar-refractivity contribution in [1.82, 2.24) is 19.7 Å². The topological polar surface area (TPSA) is 79.1 Å². The highest BCUT2D eigenvalue weighted by Crippen LogP contribution is 2.16. The van der Waals surface area contributed by atoms with Gasteiger partial charge in [0.25, 0.3) is 0 Å². The summed E-state index contributed by atoms with van der Waals surface area (Å²) in [5.74, 6) is 1.14. The summed E-state index contributed by atoms with van der Waals surface area (Å²) in [5, 5.41) is 4.61. The van der Waals surface area contributed by atoms with Crippen molar-refractivity contribution >= 4 is 17.7 Å². The van der Waals surface area contributed by atoms with Gasteiger partial charge in [0.05, 0.1) is 31.9 Å². The van der Waals surface area contributed by atoms with Crippen LogP contribution in [0.15, 0.2) is 29.8 Å². The fraction of sp³-hybridized carbons (Fsp3) is 0.333. The molecule has 0 spiro atoms. The molecule has 0 aromatic carbocycles. The molecule has 0 radical (unpaired) electrons. The number of hydrogen-bond acceptors (Lipinski definition) is 7. The van der Waals surface area contributed by atoms with Crippen LogP contribution in [-0.4, -0.2) is 45.2 Å². The Labute approximate surface area is 120 Å². The van der Waals surface area contributed by atoms with Gasteiger partial charge in [-0.1, -0.05) is 11.8 Å². The number of hydrogen-bond donors (Lipinski definition) is 0.